The van der Waals surface area contributed by atoms with Gasteiger partial charge in [-0.3, -0.25) is 18.2 Å². The average molecular weight is 959 g/mol. The van der Waals surface area contributed by atoms with Gasteiger partial charge in [-0.05, 0) is 72.8 Å². The molecule has 9 heterocycles. The highest BCUT2D eigenvalue weighted by molar-refractivity contribution is 7.86. The molecule has 24 heteroatoms. The van der Waals surface area contributed by atoms with Crippen molar-refractivity contribution >= 4 is 132 Å². The van der Waals surface area contributed by atoms with Crippen LogP contribution in [-0.2, 0) is 40.5 Å². The quantitative estimate of drug-likeness (QED) is 0.0779. The third kappa shape index (κ3) is 7.43. The maximum atomic E-state index is 12.2. The van der Waals surface area contributed by atoms with Crippen LogP contribution in [0.15, 0.2) is 89.6 Å². The lowest BCUT2D eigenvalue weighted by atomic mass is 10.1. The Hall–Kier alpha value is -4.96. The molecule has 0 amide bonds. The van der Waals surface area contributed by atoms with Crippen LogP contribution in [0.2, 0.25) is 0 Å². The number of H-pyrrole nitrogens is 2. The Morgan fingerprint density at radius 2 is 0.600 bits per heavy atom. The van der Waals surface area contributed by atoms with E-state index in [2.05, 4.69) is 9.97 Å². The molecule has 60 heavy (non-hydrogen) atoms. The Balaban J connectivity index is 1.46. The molecule has 0 saturated heterocycles. The molecule has 0 radical (unpaired) electrons. The smallest absolute Gasteiger partial charge is 0.295 e. The number of hydrogen-bond acceptors (Lipinski definition) is 14. The largest absolute Gasteiger partial charge is 0.354 e. The first kappa shape index (κ1) is 40.4. The summed E-state index contributed by atoms with van der Waals surface area (Å²) < 4.78 is 137. The molecule has 16 nitrogen and oxygen atoms in total. The summed E-state index contributed by atoms with van der Waals surface area (Å²) in [6.45, 7) is 0. The minimum atomic E-state index is -4.61. The summed E-state index contributed by atoms with van der Waals surface area (Å²) in [5, 5.41) is 5.06. The van der Waals surface area contributed by atoms with Crippen LogP contribution in [0, 0.1) is 0 Å². The minimum Gasteiger partial charge on any atom is -0.354 e. The minimum absolute atomic E-state index is 0.314. The lowest BCUT2D eigenvalue weighted by Gasteiger charge is -2.04. The summed E-state index contributed by atoms with van der Waals surface area (Å²) >= 11 is 4.05. The second-order valence-corrected chi connectivity index (χ2v) is 22.3. The van der Waals surface area contributed by atoms with Crippen LogP contribution in [0.4, 0.5) is 0 Å². The summed E-state index contributed by atoms with van der Waals surface area (Å²) in [7, 11) is -18.4. The van der Waals surface area contributed by atoms with E-state index in [-0.39, 0.29) is 19.6 Å². The standard InChI is InChI=1S/C36H22N4O12S8/c41-57(42,43)17-9-29(53-13-17)33-21-1-2-22(37-21)34(30-10-18(14-54-30)58(44,45)46)24-5-6-26(39-24)36(32-12-20(16-56-32)60(50,51)52)28-8-7-27(40-28)35(25-4-3-23(33)38-25)31-11-19(15-55-31)59(47,48)49/h1-16,37,40H,(H,41,42,43)(H,44,45,46)(H,47,48,49)(H,50,51,52). The van der Waals surface area contributed by atoms with Crippen molar-refractivity contribution in [1.82, 2.24) is 19.9 Å². The number of nitrogens with one attached hydrogen (secondary N) is 2. The number of aromatic nitrogens is 4. The lowest BCUT2D eigenvalue weighted by molar-refractivity contribution is 0.481. The number of rotatable bonds is 8. The van der Waals surface area contributed by atoms with E-state index in [4.69, 9.17) is 9.97 Å². The van der Waals surface area contributed by atoms with Gasteiger partial charge < -0.3 is 9.97 Å². The van der Waals surface area contributed by atoms with Gasteiger partial charge in [-0.1, -0.05) is 0 Å². The molecule has 9 rings (SSSR count). The van der Waals surface area contributed by atoms with E-state index < -0.39 is 40.5 Å². The molecule has 2 aliphatic rings. The van der Waals surface area contributed by atoms with Gasteiger partial charge in [-0.15, -0.1) is 45.3 Å². The molecule has 306 valence electrons. The van der Waals surface area contributed by atoms with Gasteiger partial charge in [-0.2, -0.15) is 33.7 Å². The predicted octanol–water partition coefficient (Wildman–Crippen LogP) is 8.56. The number of nitrogens with zero attached hydrogens (tertiary/aromatic N) is 2. The summed E-state index contributed by atoms with van der Waals surface area (Å²) in [6, 6.07) is 11.9. The molecule has 6 N–H and O–H groups in total. The maximum absolute atomic E-state index is 12.2. The van der Waals surface area contributed by atoms with Crippen LogP contribution >= 0.6 is 45.3 Å². The van der Waals surface area contributed by atoms with Gasteiger partial charge in [-0.25, -0.2) is 9.97 Å². The van der Waals surface area contributed by atoms with E-state index >= 15 is 0 Å². The molecule has 7 aromatic rings. The highest BCUT2D eigenvalue weighted by atomic mass is 32.2. The van der Waals surface area contributed by atoms with E-state index in [0.717, 1.165) is 45.3 Å². The van der Waals surface area contributed by atoms with Crippen LogP contribution < -0.4 is 0 Å². The number of fused-ring (bicyclic) bond motifs is 8. The maximum Gasteiger partial charge on any atom is 0.295 e. The van der Waals surface area contributed by atoms with Gasteiger partial charge in [0.15, 0.2) is 0 Å². The second-order valence-electron chi connectivity index (χ2n) is 13.0. The second kappa shape index (κ2) is 14.3. The lowest BCUT2D eigenvalue weighted by Crippen LogP contribution is -1.95. The molecular formula is C36H22N4O12S8. The number of thiophene rings is 4. The summed E-state index contributed by atoms with van der Waals surface area (Å²) in [5.74, 6) is 0. The van der Waals surface area contributed by atoms with Gasteiger partial charge in [0.1, 0.15) is 19.6 Å². The van der Waals surface area contributed by atoms with Crippen LogP contribution in [-0.4, -0.2) is 71.8 Å². The van der Waals surface area contributed by atoms with Crippen molar-refractivity contribution in [2.24, 2.45) is 0 Å². The van der Waals surface area contributed by atoms with Crippen molar-refractivity contribution in [3.63, 3.8) is 0 Å². The fourth-order valence-corrected chi connectivity index (χ4v) is 13.8. The molecule has 0 aliphatic carbocycles. The molecule has 0 fully saturated rings. The average Bonchev–Trinajstić information content (AvgIpc) is 3.98. The van der Waals surface area contributed by atoms with Crippen LogP contribution in [0.1, 0.15) is 22.8 Å². The van der Waals surface area contributed by atoms with Gasteiger partial charge >= 0.3 is 0 Å². The van der Waals surface area contributed by atoms with E-state index in [9.17, 15) is 51.9 Å². The van der Waals surface area contributed by atoms with E-state index in [1.54, 1.807) is 48.6 Å². The van der Waals surface area contributed by atoms with Crippen molar-refractivity contribution in [3.05, 3.63) is 92.8 Å². The molecule has 0 aromatic carbocycles. The van der Waals surface area contributed by atoms with E-state index in [0.29, 0.717) is 86.6 Å². The van der Waals surface area contributed by atoms with E-state index in [1.165, 1.54) is 45.8 Å². The highest BCUT2D eigenvalue weighted by Gasteiger charge is 2.24. The Morgan fingerprint density at radius 1 is 0.383 bits per heavy atom. The Bertz CT molecular complexity index is 3210. The first-order valence-corrected chi connectivity index (χ1v) is 25.9. The van der Waals surface area contributed by atoms with Gasteiger partial charge in [0, 0.05) is 85.3 Å². The molecule has 2 aliphatic heterocycles. The Morgan fingerprint density at radius 3 is 0.783 bits per heavy atom. The summed E-state index contributed by atoms with van der Waals surface area (Å²) in [5.41, 5.74) is 4.41. The Kier molecular flexibility index (Phi) is 9.65. The normalized spacial score (nSPS) is 13.4. The topological polar surface area (TPSA) is 275 Å². The summed E-state index contributed by atoms with van der Waals surface area (Å²) in [6.07, 6.45) is 6.63. The number of aromatic amines is 2. The molecule has 8 bridgehead atoms. The van der Waals surface area contributed by atoms with Gasteiger partial charge in [0.2, 0.25) is 0 Å². The van der Waals surface area contributed by atoms with Crippen molar-refractivity contribution in [2.45, 2.75) is 19.6 Å². The predicted molar refractivity (Wildman–Crippen MR) is 231 cm³/mol. The summed E-state index contributed by atoms with van der Waals surface area (Å²) in [4.78, 5) is 16.6. The molecule has 7 aromatic heterocycles. The van der Waals surface area contributed by atoms with Crippen molar-refractivity contribution in [3.8, 4) is 41.8 Å². The zero-order valence-corrected chi connectivity index (χ0v) is 36.0. The fraction of sp³-hybridized carbons (Fsp3) is 0. The van der Waals surface area contributed by atoms with Crippen LogP contribution in [0.5, 0.6) is 0 Å². The van der Waals surface area contributed by atoms with Gasteiger partial charge in [0.05, 0.1) is 22.8 Å². The SMILES string of the molecule is O=S(=O)(O)c1csc(-c2c3nc(c(-c4cc(S(=O)(=O)O)cs4)c4ccc([nH]4)c(-c4cc(S(=O)(=O)O)cs4)c4nc(c(-c5cc(S(=O)(=O)O)cs5)c5ccc2[nH]5)C=C4)C=C3)c1. The van der Waals surface area contributed by atoms with Crippen molar-refractivity contribution in [1.29, 1.82) is 0 Å². The third-order valence-electron chi connectivity index (χ3n) is 9.23. The zero-order chi connectivity index (χ0) is 42.5. The van der Waals surface area contributed by atoms with Crippen molar-refractivity contribution in [2.75, 3.05) is 0 Å². The molecule has 0 unspecified atom stereocenters. The molecule has 0 saturated carbocycles. The fourth-order valence-electron chi connectivity index (χ4n) is 6.58. The van der Waals surface area contributed by atoms with Crippen molar-refractivity contribution < 1.29 is 51.9 Å². The van der Waals surface area contributed by atoms with Crippen LogP contribution in [0.3, 0.4) is 0 Å². The first-order valence-electron chi connectivity index (χ1n) is 16.6. The third-order valence-corrected chi connectivity index (χ3v) is 16.9. The monoisotopic (exact) mass is 958 g/mol. The molecular weight excluding hydrogens is 937 g/mol. The zero-order valence-electron chi connectivity index (χ0n) is 29.5. The van der Waals surface area contributed by atoms with Gasteiger partial charge in [0.25, 0.3) is 40.5 Å². The highest BCUT2D eigenvalue weighted by Crippen LogP contribution is 2.43. The molecule has 0 spiro atoms. The first-order chi connectivity index (χ1) is 28.2. The van der Waals surface area contributed by atoms with Crippen LogP contribution in [0.25, 0.3) is 88.1 Å². The molecule has 0 atom stereocenters. The number of hydrogen-bond donors (Lipinski definition) is 6. The Labute approximate surface area is 355 Å². The van der Waals surface area contributed by atoms with E-state index in [1.807, 2.05) is 0 Å².